The highest BCUT2D eigenvalue weighted by molar-refractivity contribution is 7.09. The summed E-state index contributed by atoms with van der Waals surface area (Å²) in [7, 11) is 0. The summed E-state index contributed by atoms with van der Waals surface area (Å²) >= 11 is 1.80. The van der Waals surface area contributed by atoms with Gasteiger partial charge in [-0.1, -0.05) is 19.9 Å². The monoisotopic (exact) mass is 296 g/mol. The predicted octanol–water partition coefficient (Wildman–Crippen LogP) is 3.50. The van der Waals surface area contributed by atoms with E-state index < -0.39 is 0 Å². The van der Waals surface area contributed by atoms with Crippen molar-refractivity contribution < 1.29 is 4.74 Å². The third-order valence-electron chi connectivity index (χ3n) is 4.70. The molecule has 1 aromatic heterocycles. The maximum atomic E-state index is 6.23. The van der Waals surface area contributed by atoms with Gasteiger partial charge in [0.25, 0.3) is 0 Å². The molecule has 3 N–H and O–H groups in total. The third-order valence-corrected chi connectivity index (χ3v) is 5.60. The number of hydrogen-bond donors (Lipinski definition) is 2. The zero-order chi connectivity index (χ0) is 14.6. The van der Waals surface area contributed by atoms with Gasteiger partial charge in [-0.2, -0.15) is 0 Å². The predicted molar refractivity (Wildman–Crippen MR) is 85.7 cm³/mol. The van der Waals surface area contributed by atoms with Gasteiger partial charge in [-0.15, -0.1) is 11.3 Å². The molecule has 114 valence electrons. The fraction of sp³-hybridized carbons (Fsp3) is 0.750. The van der Waals surface area contributed by atoms with Crippen LogP contribution in [-0.4, -0.2) is 18.2 Å². The molecule has 1 heterocycles. The van der Waals surface area contributed by atoms with Gasteiger partial charge in [0.15, 0.2) is 0 Å². The maximum absolute atomic E-state index is 6.23. The number of hydrazine groups is 1. The van der Waals surface area contributed by atoms with E-state index in [9.17, 15) is 0 Å². The Kier molecular flexibility index (Phi) is 5.24. The molecule has 0 aromatic carbocycles. The van der Waals surface area contributed by atoms with Gasteiger partial charge in [-0.05, 0) is 49.5 Å². The van der Waals surface area contributed by atoms with Crippen LogP contribution in [-0.2, 0) is 11.2 Å². The standard InChI is InChI=1S/C16H28N2OS/c1-4-19-16(9-7-15(2,3)8-10-16)14(18-17)12-13-6-5-11-20-13/h5-6,11,14,18H,4,7-10,12,17H2,1-3H3. The van der Waals surface area contributed by atoms with Crippen molar-refractivity contribution in [1.29, 1.82) is 0 Å². The number of nitrogens with one attached hydrogen (secondary N) is 1. The summed E-state index contributed by atoms with van der Waals surface area (Å²) in [5.41, 5.74) is 3.37. The molecule has 0 radical (unpaired) electrons. The van der Waals surface area contributed by atoms with E-state index >= 15 is 0 Å². The van der Waals surface area contributed by atoms with E-state index in [0.717, 1.165) is 25.9 Å². The first kappa shape index (κ1) is 16.0. The Morgan fingerprint density at radius 3 is 2.55 bits per heavy atom. The molecule has 1 atom stereocenters. The van der Waals surface area contributed by atoms with Gasteiger partial charge in [0.05, 0.1) is 11.6 Å². The molecule has 2 rings (SSSR count). The molecular formula is C16H28N2OS. The molecule has 1 fully saturated rings. The molecule has 1 aromatic rings. The highest BCUT2D eigenvalue weighted by atomic mass is 32.1. The number of nitrogens with two attached hydrogens (primary N) is 1. The van der Waals surface area contributed by atoms with Crippen molar-refractivity contribution in [3.05, 3.63) is 22.4 Å². The number of rotatable bonds is 6. The molecule has 4 heteroatoms. The second-order valence-electron chi connectivity index (χ2n) is 6.66. The molecule has 3 nitrogen and oxygen atoms in total. The lowest BCUT2D eigenvalue weighted by Gasteiger charge is -2.47. The summed E-state index contributed by atoms with van der Waals surface area (Å²) in [6, 6.07) is 4.48. The maximum Gasteiger partial charge on any atom is 0.0851 e. The Morgan fingerprint density at radius 1 is 1.35 bits per heavy atom. The van der Waals surface area contributed by atoms with E-state index in [1.807, 2.05) is 0 Å². The molecule has 0 amide bonds. The van der Waals surface area contributed by atoms with Crippen molar-refractivity contribution in [2.75, 3.05) is 6.61 Å². The second kappa shape index (κ2) is 6.56. The van der Waals surface area contributed by atoms with E-state index in [0.29, 0.717) is 5.41 Å². The minimum absolute atomic E-state index is 0.108. The van der Waals surface area contributed by atoms with Crippen molar-refractivity contribution in [2.45, 2.75) is 64.5 Å². The van der Waals surface area contributed by atoms with E-state index in [2.05, 4.69) is 43.7 Å². The van der Waals surface area contributed by atoms with E-state index in [4.69, 9.17) is 10.6 Å². The molecule has 0 aliphatic heterocycles. The Balaban J connectivity index is 2.13. The number of thiophene rings is 1. The molecular weight excluding hydrogens is 268 g/mol. The fourth-order valence-corrected chi connectivity index (χ4v) is 4.01. The van der Waals surface area contributed by atoms with Crippen LogP contribution in [0.1, 0.15) is 51.3 Å². The van der Waals surface area contributed by atoms with Crippen LogP contribution in [0.4, 0.5) is 0 Å². The van der Waals surface area contributed by atoms with E-state index in [1.54, 1.807) is 11.3 Å². The highest BCUT2D eigenvalue weighted by Gasteiger charge is 2.44. The van der Waals surface area contributed by atoms with Crippen LogP contribution in [0.5, 0.6) is 0 Å². The van der Waals surface area contributed by atoms with Crippen LogP contribution in [0.3, 0.4) is 0 Å². The third kappa shape index (κ3) is 3.61. The first-order valence-corrected chi connectivity index (χ1v) is 8.52. The van der Waals surface area contributed by atoms with E-state index in [-0.39, 0.29) is 11.6 Å². The Hall–Kier alpha value is -0.420. The number of ether oxygens (including phenoxy) is 1. The van der Waals surface area contributed by atoms with Crippen LogP contribution in [0.25, 0.3) is 0 Å². The van der Waals surface area contributed by atoms with Crippen LogP contribution in [0.15, 0.2) is 17.5 Å². The average molecular weight is 296 g/mol. The van der Waals surface area contributed by atoms with E-state index in [1.165, 1.54) is 17.7 Å². The smallest absolute Gasteiger partial charge is 0.0851 e. The van der Waals surface area contributed by atoms with Gasteiger partial charge in [-0.25, -0.2) is 0 Å². The highest BCUT2D eigenvalue weighted by Crippen LogP contribution is 2.44. The Bertz CT molecular complexity index is 393. The summed E-state index contributed by atoms with van der Waals surface area (Å²) in [6.45, 7) is 7.54. The quantitative estimate of drug-likeness (QED) is 0.624. The summed E-state index contributed by atoms with van der Waals surface area (Å²) in [6.07, 6.45) is 5.54. The summed E-state index contributed by atoms with van der Waals surface area (Å²) < 4.78 is 6.23. The summed E-state index contributed by atoms with van der Waals surface area (Å²) in [5.74, 6) is 5.88. The summed E-state index contributed by atoms with van der Waals surface area (Å²) in [5, 5.41) is 2.13. The van der Waals surface area contributed by atoms with Crippen LogP contribution in [0.2, 0.25) is 0 Å². The fourth-order valence-electron chi connectivity index (χ4n) is 3.26. The molecule has 0 spiro atoms. The molecule has 1 saturated carbocycles. The lowest BCUT2D eigenvalue weighted by molar-refractivity contribution is -0.106. The number of hydrogen-bond acceptors (Lipinski definition) is 4. The van der Waals surface area contributed by atoms with Crippen molar-refractivity contribution >= 4 is 11.3 Å². The molecule has 1 aliphatic rings. The normalized spacial score (nSPS) is 22.6. The SMILES string of the molecule is CCOC1(C(Cc2cccs2)NN)CCC(C)(C)CC1. The largest absolute Gasteiger partial charge is 0.374 e. The lowest BCUT2D eigenvalue weighted by atomic mass is 9.68. The Labute approximate surface area is 126 Å². The van der Waals surface area contributed by atoms with Gasteiger partial charge < -0.3 is 4.74 Å². The first-order valence-electron chi connectivity index (χ1n) is 7.64. The summed E-state index contributed by atoms with van der Waals surface area (Å²) in [4.78, 5) is 1.37. The Morgan fingerprint density at radius 2 is 2.05 bits per heavy atom. The van der Waals surface area contributed by atoms with Crippen molar-refractivity contribution in [3.8, 4) is 0 Å². The van der Waals surface area contributed by atoms with Crippen LogP contribution in [0, 0.1) is 5.41 Å². The van der Waals surface area contributed by atoms with Crippen molar-refractivity contribution in [3.63, 3.8) is 0 Å². The van der Waals surface area contributed by atoms with Crippen LogP contribution >= 0.6 is 11.3 Å². The van der Waals surface area contributed by atoms with Gasteiger partial charge in [0, 0.05) is 17.9 Å². The second-order valence-corrected chi connectivity index (χ2v) is 7.70. The van der Waals surface area contributed by atoms with Crippen molar-refractivity contribution in [2.24, 2.45) is 11.3 Å². The zero-order valence-electron chi connectivity index (χ0n) is 12.9. The molecule has 0 bridgehead atoms. The van der Waals surface area contributed by atoms with Gasteiger partial charge in [0.2, 0.25) is 0 Å². The van der Waals surface area contributed by atoms with Crippen LogP contribution < -0.4 is 11.3 Å². The van der Waals surface area contributed by atoms with Gasteiger partial charge in [-0.3, -0.25) is 11.3 Å². The van der Waals surface area contributed by atoms with Gasteiger partial charge >= 0.3 is 0 Å². The zero-order valence-corrected chi connectivity index (χ0v) is 13.8. The minimum Gasteiger partial charge on any atom is -0.374 e. The molecule has 1 aliphatic carbocycles. The van der Waals surface area contributed by atoms with Crippen molar-refractivity contribution in [1.82, 2.24) is 5.43 Å². The molecule has 1 unspecified atom stereocenters. The first-order chi connectivity index (χ1) is 9.51. The average Bonchev–Trinajstić information content (AvgIpc) is 2.92. The lowest BCUT2D eigenvalue weighted by Crippen LogP contribution is -2.58. The molecule has 0 saturated heterocycles. The van der Waals surface area contributed by atoms with Gasteiger partial charge in [0.1, 0.15) is 0 Å². The molecule has 20 heavy (non-hydrogen) atoms. The minimum atomic E-state index is -0.108. The topological polar surface area (TPSA) is 47.3 Å².